The summed E-state index contributed by atoms with van der Waals surface area (Å²) in [5.41, 5.74) is 0.0908. The Hall–Kier alpha value is -2.44. The summed E-state index contributed by atoms with van der Waals surface area (Å²) in [6, 6.07) is 1.60. The number of nitrogens with zero attached hydrogens (tertiary/aromatic N) is 2. The molecule has 7 nitrogen and oxygen atoms in total. The Balaban J connectivity index is 1.91. The molecule has 2 aromatic heterocycles. The number of amides is 1. The van der Waals surface area contributed by atoms with Crippen molar-refractivity contribution in [2.24, 2.45) is 0 Å². The summed E-state index contributed by atoms with van der Waals surface area (Å²) in [5, 5.41) is 8.89. The topological polar surface area (TPSA) is 104 Å². The van der Waals surface area contributed by atoms with Crippen molar-refractivity contribution in [1.29, 1.82) is 0 Å². The van der Waals surface area contributed by atoms with Crippen molar-refractivity contribution >= 4 is 11.7 Å². The Kier molecular flexibility index (Phi) is 2.66. The zero-order valence-corrected chi connectivity index (χ0v) is 10.4. The van der Waals surface area contributed by atoms with Crippen LogP contribution in [0.25, 0.3) is 0 Å². The summed E-state index contributed by atoms with van der Waals surface area (Å²) in [6.07, 6.45) is 3.60. The molecular formula is C12H13N5O2. The standard InChI is InChI=1S/C12H13N5O2/c1-6-9(11(18)15-8-4-5-13-17-8)12(19)16-10(14-6)7-2-3-7/h4-5,7H,2-3H2,1H3,(H,14,16,19)(H2,13,15,17,18). The summed E-state index contributed by atoms with van der Waals surface area (Å²) < 4.78 is 0. The lowest BCUT2D eigenvalue weighted by atomic mass is 10.2. The fourth-order valence-corrected chi connectivity index (χ4v) is 1.94. The van der Waals surface area contributed by atoms with Crippen LogP contribution in [0.15, 0.2) is 17.1 Å². The quantitative estimate of drug-likeness (QED) is 0.762. The van der Waals surface area contributed by atoms with Gasteiger partial charge in [0.15, 0.2) is 0 Å². The first kappa shape index (κ1) is 11.6. The van der Waals surface area contributed by atoms with E-state index in [0.29, 0.717) is 23.3 Å². The lowest BCUT2D eigenvalue weighted by Crippen LogP contribution is -2.27. The van der Waals surface area contributed by atoms with Gasteiger partial charge in [0.2, 0.25) is 0 Å². The number of carbonyl (C=O) groups excluding carboxylic acids is 1. The van der Waals surface area contributed by atoms with Crippen LogP contribution in [0.1, 0.15) is 40.6 Å². The highest BCUT2D eigenvalue weighted by Crippen LogP contribution is 2.37. The van der Waals surface area contributed by atoms with Gasteiger partial charge < -0.3 is 10.3 Å². The number of hydrogen-bond acceptors (Lipinski definition) is 4. The summed E-state index contributed by atoms with van der Waals surface area (Å²) >= 11 is 0. The van der Waals surface area contributed by atoms with Crippen LogP contribution in [0.4, 0.5) is 5.82 Å². The summed E-state index contributed by atoms with van der Waals surface area (Å²) in [5.74, 6) is 0.977. The molecule has 0 unspecified atom stereocenters. The third-order valence-corrected chi connectivity index (χ3v) is 3.06. The molecule has 0 aliphatic heterocycles. The van der Waals surface area contributed by atoms with E-state index in [1.807, 2.05) is 0 Å². The van der Waals surface area contributed by atoms with E-state index in [0.717, 1.165) is 12.8 Å². The largest absolute Gasteiger partial charge is 0.310 e. The van der Waals surface area contributed by atoms with Crippen LogP contribution in [0.3, 0.4) is 0 Å². The van der Waals surface area contributed by atoms with Crippen molar-refractivity contribution in [3.63, 3.8) is 0 Å². The fraction of sp³-hybridized carbons (Fsp3) is 0.333. The minimum absolute atomic E-state index is 0.0407. The third-order valence-electron chi connectivity index (χ3n) is 3.06. The molecule has 1 aliphatic rings. The molecule has 0 spiro atoms. The van der Waals surface area contributed by atoms with Gasteiger partial charge in [0, 0.05) is 12.0 Å². The maximum absolute atomic E-state index is 12.0. The van der Waals surface area contributed by atoms with Crippen molar-refractivity contribution in [3.8, 4) is 0 Å². The molecule has 1 fully saturated rings. The van der Waals surface area contributed by atoms with E-state index in [9.17, 15) is 9.59 Å². The van der Waals surface area contributed by atoms with Crippen molar-refractivity contribution in [1.82, 2.24) is 20.2 Å². The van der Waals surface area contributed by atoms with Gasteiger partial charge in [-0.2, -0.15) is 5.10 Å². The third kappa shape index (κ3) is 2.26. The molecule has 0 atom stereocenters. The van der Waals surface area contributed by atoms with Crippen LogP contribution in [0.2, 0.25) is 0 Å². The number of anilines is 1. The maximum Gasteiger partial charge on any atom is 0.264 e. The van der Waals surface area contributed by atoms with Crippen LogP contribution in [-0.2, 0) is 0 Å². The van der Waals surface area contributed by atoms with E-state index >= 15 is 0 Å². The lowest BCUT2D eigenvalue weighted by Gasteiger charge is -2.06. The Labute approximate surface area is 108 Å². The molecule has 7 heteroatoms. The molecule has 1 aliphatic carbocycles. The minimum Gasteiger partial charge on any atom is -0.310 e. The average Bonchev–Trinajstić information content (AvgIpc) is 3.08. The molecular weight excluding hydrogens is 246 g/mol. The van der Waals surface area contributed by atoms with Crippen LogP contribution in [-0.4, -0.2) is 26.1 Å². The zero-order chi connectivity index (χ0) is 13.4. The number of hydrogen-bond donors (Lipinski definition) is 3. The predicted molar refractivity (Wildman–Crippen MR) is 68.1 cm³/mol. The number of aromatic amines is 2. The number of nitrogens with one attached hydrogen (secondary N) is 3. The van der Waals surface area contributed by atoms with Crippen LogP contribution in [0.5, 0.6) is 0 Å². The van der Waals surface area contributed by atoms with Gasteiger partial charge in [-0.1, -0.05) is 0 Å². The first-order valence-electron chi connectivity index (χ1n) is 6.06. The number of rotatable bonds is 3. The second-order valence-electron chi connectivity index (χ2n) is 4.61. The Bertz CT molecular complexity index is 670. The molecule has 0 radical (unpaired) electrons. The first-order valence-corrected chi connectivity index (χ1v) is 6.06. The van der Waals surface area contributed by atoms with Gasteiger partial charge in [0.1, 0.15) is 17.2 Å². The molecule has 2 heterocycles. The molecule has 1 amide bonds. The maximum atomic E-state index is 12.0. The minimum atomic E-state index is -0.488. The van der Waals surface area contributed by atoms with Gasteiger partial charge in [-0.3, -0.25) is 14.7 Å². The van der Waals surface area contributed by atoms with Crippen LogP contribution >= 0.6 is 0 Å². The lowest BCUT2D eigenvalue weighted by molar-refractivity contribution is 0.102. The summed E-state index contributed by atoms with van der Waals surface area (Å²) in [6.45, 7) is 1.67. The molecule has 0 bridgehead atoms. The zero-order valence-electron chi connectivity index (χ0n) is 10.4. The molecule has 98 valence electrons. The van der Waals surface area contributed by atoms with E-state index in [2.05, 4.69) is 25.5 Å². The fourth-order valence-electron chi connectivity index (χ4n) is 1.94. The number of H-pyrrole nitrogens is 2. The molecule has 3 rings (SSSR count). The van der Waals surface area contributed by atoms with Gasteiger partial charge in [-0.25, -0.2) is 4.98 Å². The van der Waals surface area contributed by atoms with Crippen molar-refractivity contribution in [2.75, 3.05) is 5.32 Å². The second kappa shape index (κ2) is 4.34. The molecule has 1 saturated carbocycles. The van der Waals surface area contributed by atoms with Crippen LogP contribution < -0.4 is 10.9 Å². The highest BCUT2D eigenvalue weighted by Gasteiger charge is 2.28. The summed E-state index contributed by atoms with van der Waals surface area (Å²) in [4.78, 5) is 31.0. The Morgan fingerprint density at radius 1 is 1.47 bits per heavy atom. The van der Waals surface area contributed by atoms with Crippen molar-refractivity contribution in [3.05, 3.63) is 39.7 Å². The van der Waals surface area contributed by atoms with Crippen LogP contribution in [0, 0.1) is 6.92 Å². The highest BCUT2D eigenvalue weighted by atomic mass is 16.2. The Morgan fingerprint density at radius 3 is 2.84 bits per heavy atom. The molecule has 0 aromatic carbocycles. The van der Waals surface area contributed by atoms with Gasteiger partial charge in [-0.15, -0.1) is 0 Å². The Morgan fingerprint density at radius 2 is 2.26 bits per heavy atom. The smallest absolute Gasteiger partial charge is 0.264 e. The van der Waals surface area contributed by atoms with Gasteiger partial charge in [-0.05, 0) is 19.8 Å². The average molecular weight is 259 g/mol. The SMILES string of the molecule is Cc1nc(C2CC2)[nH]c(=O)c1C(=O)Nc1ccn[nH]1. The molecule has 2 aromatic rings. The number of carbonyl (C=O) groups is 1. The predicted octanol–water partition coefficient (Wildman–Crippen LogP) is 0.931. The van der Waals surface area contributed by atoms with E-state index < -0.39 is 11.5 Å². The van der Waals surface area contributed by atoms with E-state index in [1.54, 1.807) is 13.0 Å². The molecule has 19 heavy (non-hydrogen) atoms. The van der Waals surface area contributed by atoms with E-state index in [-0.39, 0.29) is 5.56 Å². The summed E-state index contributed by atoms with van der Waals surface area (Å²) in [7, 11) is 0. The highest BCUT2D eigenvalue weighted by molar-refractivity contribution is 6.04. The van der Waals surface area contributed by atoms with Crippen molar-refractivity contribution in [2.45, 2.75) is 25.7 Å². The van der Waals surface area contributed by atoms with Crippen molar-refractivity contribution < 1.29 is 4.79 Å². The molecule has 3 N–H and O–H groups in total. The van der Waals surface area contributed by atoms with Gasteiger partial charge in [0.25, 0.3) is 11.5 Å². The van der Waals surface area contributed by atoms with E-state index in [1.165, 1.54) is 6.20 Å². The first-order chi connectivity index (χ1) is 9.15. The number of aryl methyl sites for hydroxylation is 1. The van der Waals surface area contributed by atoms with E-state index in [4.69, 9.17) is 0 Å². The second-order valence-corrected chi connectivity index (χ2v) is 4.61. The number of aromatic nitrogens is 4. The normalized spacial score (nSPS) is 14.4. The molecule has 0 saturated heterocycles. The van der Waals surface area contributed by atoms with Gasteiger partial charge >= 0.3 is 0 Å². The van der Waals surface area contributed by atoms with Gasteiger partial charge in [0.05, 0.1) is 11.9 Å². The monoisotopic (exact) mass is 259 g/mol.